The Morgan fingerprint density at radius 1 is 0.558 bits per heavy atom. The van der Waals surface area contributed by atoms with E-state index in [1.165, 1.54) is 59.7 Å². The summed E-state index contributed by atoms with van der Waals surface area (Å²) in [7, 11) is 7.31. The molecule has 0 aliphatic carbocycles. The molecular formula is C64H110N10O12. The van der Waals surface area contributed by atoms with E-state index < -0.39 is 132 Å². The van der Waals surface area contributed by atoms with Crippen molar-refractivity contribution in [3.05, 3.63) is 35.9 Å². The maximum absolute atomic E-state index is 15.2. The van der Waals surface area contributed by atoms with Gasteiger partial charge in [-0.2, -0.15) is 0 Å². The second kappa shape index (κ2) is 36.9. The lowest BCUT2D eigenvalue weighted by Crippen LogP contribution is -2.62. The molecule has 1 aliphatic rings. The van der Waals surface area contributed by atoms with E-state index in [1.54, 1.807) is 63.8 Å². The smallest absolute Gasteiger partial charge is 0.308 e. The molecule has 0 unspecified atom stereocenters. The van der Waals surface area contributed by atoms with Crippen LogP contribution in [0.5, 0.6) is 0 Å². The zero-order valence-corrected chi connectivity index (χ0v) is 55.6. The van der Waals surface area contributed by atoms with Gasteiger partial charge in [-0.05, 0) is 79.1 Å². The second-order valence-electron chi connectivity index (χ2n) is 26.1. The third-order valence-corrected chi connectivity index (χ3v) is 15.7. The molecule has 86 heavy (non-hydrogen) atoms. The fourth-order valence-corrected chi connectivity index (χ4v) is 10.6. The average molecular weight is 1210 g/mol. The van der Waals surface area contributed by atoms with Gasteiger partial charge >= 0.3 is 5.97 Å². The Morgan fingerprint density at radius 2 is 1.10 bits per heavy atom. The van der Waals surface area contributed by atoms with Gasteiger partial charge in [-0.25, -0.2) is 0 Å². The van der Waals surface area contributed by atoms with Crippen LogP contribution in [0.2, 0.25) is 0 Å². The zero-order chi connectivity index (χ0) is 65.4. The minimum absolute atomic E-state index is 0.00539. The van der Waals surface area contributed by atoms with Gasteiger partial charge < -0.3 is 60.6 Å². The standard InChI is InChI=1S/C64H110N10O12/c1-20-45(14)56(72(18)52(75)35-69(15)64(84)54(43(10)11)68-57(77)50(32-40(4)5)70(16)60(80)47(65)31-39(2)3)59(79)67-49(38-85-36-41(6)7)61(81)71(17)51(33-46-27-23-21-24-28-46)63(83)73(19)55(44(12)13)58(78)66-48(34-53(76)86-37-42(8)9)62(82)74-29-25-22-26-30-74/h21,23-24,27-28,39-45,47-51,54-56H,20,22,25-26,29-38,65H2,1-19H3,(H,66,78)(H,67,79)(H,68,77)/t45-,47-,48-,49-,50-,51-,54-,55-,56-/m0/s1. The number of amides is 9. The molecule has 0 saturated carbocycles. The van der Waals surface area contributed by atoms with E-state index in [0.29, 0.717) is 37.9 Å². The highest BCUT2D eigenvalue weighted by molar-refractivity contribution is 5.98. The highest BCUT2D eigenvalue weighted by atomic mass is 16.5. The summed E-state index contributed by atoms with van der Waals surface area (Å²) in [6.45, 7) is 26.5. The molecule has 488 valence electrons. The molecule has 1 aromatic rings. The minimum atomic E-state index is -1.39. The number of likely N-dealkylation sites (tertiary alicyclic amines) is 1. The molecule has 9 atom stereocenters. The molecule has 1 fully saturated rings. The van der Waals surface area contributed by atoms with Crippen LogP contribution < -0.4 is 21.7 Å². The van der Waals surface area contributed by atoms with Crippen LogP contribution in [0.15, 0.2) is 30.3 Å². The fourth-order valence-electron chi connectivity index (χ4n) is 10.6. The molecule has 1 aliphatic heterocycles. The van der Waals surface area contributed by atoms with Crippen LogP contribution in [0.1, 0.15) is 147 Å². The van der Waals surface area contributed by atoms with Crippen molar-refractivity contribution in [1.29, 1.82) is 0 Å². The van der Waals surface area contributed by atoms with Crippen LogP contribution in [0.25, 0.3) is 0 Å². The number of carbonyl (C=O) groups is 10. The predicted molar refractivity (Wildman–Crippen MR) is 332 cm³/mol. The summed E-state index contributed by atoms with van der Waals surface area (Å²) < 4.78 is 11.5. The molecule has 1 saturated heterocycles. The van der Waals surface area contributed by atoms with Gasteiger partial charge in [-0.15, -0.1) is 0 Å². The SMILES string of the molecule is CC[C@H](C)[C@@H](C(=O)N[C@@H](COCC(C)C)C(=O)N(C)[C@@H](Cc1ccccc1)C(=O)N(C)[C@H](C(=O)N[C@@H](CC(=O)OCC(C)C)C(=O)N1CCCCC1)C(C)C)N(C)C(=O)CN(C)C(=O)[C@@H](NC(=O)[C@H](CC(C)C)N(C)C(=O)[C@@H](N)CC(C)C)C(C)C. The Kier molecular flexibility index (Phi) is 32.5. The number of nitrogens with zero attached hydrogens (tertiary/aromatic N) is 6. The van der Waals surface area contributed by atoms with E-state index in [2.05, 4.69) is 16.0 Å². The van der Waals surface area contributed by atoms with Crippen molar-refractivity contribution in [1.82, 2.24) is 45.3 Å². The Labute approximate surface area is 514 Å². The number of rotatable bonds is 35. The average Bonchev–Trinajstić information content (AvgIpc) is 3.05. The lowest BCUT2D eigenvalue weighted by Gasteiger charge is -2.38. The monoisotopic (exact) mass is 1210 g/mol. The lowest BCUT2D eigenvalue weighted by molar-refractivity contribution is -0.152. The molecule has 5 N–H and O–H groups in total. The summed E-state index contributed by atoms with van der Waals surface area (Å²) in [5.41, 5.74) is 6.95. The molecular weight excluding hydrogens is 1100 g/mol. The highest BCUT2D eigenvalue weighted by Crippen LogP contribution is 2.22. The number of ether oxygens (including phenoxy) is 2. The van der Waals surface area contributed by atoms with Gasteiger partial charge in [-0.3, -0.25) is 47.9 Å². The molecule has 0 bridgehead atoms. The maximum Gasteiger partial charge on any atom is 0.308 e. The first-order valence-corrected chi connectivity index (χ1v) is 31.2. The minimum Gasteiger partial charge on any atom is -0.465 e. The summed E-state index contributed by atoms with van der Waals surface area (Å²) in [5.74, 6) is -7.09. The number of hydrogen-bond donors (Lipinski definition) is 4. The number of nitrogens with one attached hydrogen (secondary N) is 3. The zero-order valence-electron chi connectivity index (χ0n) is 55.6. The normalized spacial score (nSPS) is 15.9. The second-order valence-corrected chi connectivity index (χ2v) is 26.1. The highest BCUT2D eigenvalue weighted by Gasteiger charge is 2.42. The van der Waals surface area contributed by atoms with E-state index in [0.717, 1.165) is 19.3 Å². The largest absolute Gasteiger partial charge is 0.465 e. The van der Waals surface area contributed by atoms with E-state index >= 15 is 9.59 Å². The van der Waals surface area contributed by atoms with Crippen LogP contribution in [0, 0.1) is 41.4 Å². The number of carbonyl (C=O) groups excluding carboxylic acids is 10. The molecule has 0 aromatic heterocycles. The topological polar surface area (TPSA) is 271 Å². The number of esters is 1. The van der Waals surface area contributed by atoms with E-state index in [9.17, 15) is 38.4 Å². The Bertz CT molecular complexity index is 2360. The van der Waals surface area contributed by atoms with Gasteiger partial charge in [0.05, 0.1) is 32.2 Å². The first-order valence-electron chi connectivity index (χ1n) is 31.2. The molecule has 0 spiro atoms. The number of piperidine rings is 1. The summed E-state index contributed by atoms with van der Waals surface area (Å²) in [4.78, 5) is 151. The van der Waals surface area contributed by atoms with Crippen LogP contribution in [0.4, 0.5) is 0 Å². The van der Waals surface area contributed by atoms with E-state index in [4.69, 9.17) is 15.2 Å². The Balaban J connectivity index is 2.55. The summed E-state index contributed by atoms with van der Waals surface area (Å²) in [6, 6.07) is -0.0985. The van der Waals surface area contributed by atoms with Crippen LogP contribution in [-0.2, 0) is 63.8 Å². The Hall–Kier alpha value is -6.16. The van der Waals surface area contributed by atoms with Crippen molar-refractivity contribution in [3.63, 3.8) is 0 Å². The number of likely N-dealkylation sites (N-methyl/N-ethyl adjacent to an activating group) is 5. The van der Waals surface area contributed by atoms with Crippen molar-refractivity contribution >= 4 is 59.1 Å². The molecule has 0 radical (unpaired) electrons. The van der Waals surface area contributed by atoms with Gasteiger partial charge in [0, 0.05) is 61.4 Å². The summed E-state index contributed by atoms with van der Waals surface area (Å²) in [6.07, 6.45) is 3.24. The molecule has 2 rings (SSSR count). The maximum atomic E-state index is 15.2. The van der Waals surface area contributed by atoms with Gasteiger partial charge in [-0.1, -0.05) is 134 Å². The summed E-state index contributed by atoms with van der Waals surface area (Å²) in [5, 5.41) is 8.55. The Morgan fingerprint density at radius 3 is 1.63 bits per heavy atom. The number of benzene rings is 1. The van der Waals surface area contributed by atoms with Gasteiger partial charge in [0.25, 0.3) is 0 Å². The summed E-state index contributed by atoms with van der Waals surface area (Å²) >= 11 is 0. The predicted octanol–water partition coefficient (Wildman–Crippen LogP) is 4.50. The first-order chi connectivity index (χ1) is 40.2. The molecule has 22 nitrogen and oxygen atoms in total. The van der Waals surface area contributed by atoms with E-state index in [-0.39, 0.29) is 55.8 Å². The van der Waals surface area contributed by atoms with Crippen molar-refractivity contribution in [3.8, 4) is 0 Å². The van der Waals surface area contributed by atoms with Gasteiger partial charge in [0.2, 0.25) is 53.2 Å². The molecule has 22 heteroatoms. The lowest BCUT2D eigenvalue weighted by atomic mass is 9.96. The molecule has 1 aromatic carbocycles. The molecule has 9 amide bonds. The van der Waals surface area contributed by atoms with Crippen molar-refractivity contribution in [2.24, 2.45) is 47.2 Å². The number of hydrogen-bond acceptors (Lipinski definition) is 13. The van der Waals surface area contributed by atoms with Gasteiger partial charge in [0.15, 0.2) is 0 Å². The number of nitrogens with two attached hydrogens (primary N) is 1. The van der Waals surface area contributed by atoms with Gasteiger partial charge in [0.1, 0.15) is 42.3 Å². The van der Waals surface area contributed by atoms with Crippen LogP contribution >= 0.6 is 0 Å². The van der Waals surface area contributed by atoms with Crippen molar-refractivity contribution in [2.75, 3.05) is 74.7 Å². The van der Waals surface area contributed by atoms with Crippen LogP contribution in [0.3, 0.4) is 0 Å². The fraction of sp³-hybridized carbons (Fsp3) is 0.750. The van der Waals surface area contributed by atoms with Crippen LogP contribution in [-0.4, -0.2) is 212 Å². The first kappa shape index (κ1) is 75.9. The van der Waals surface area contributed by atoms with Crippen molar-refractivity contribution < 1.29 is 57.4 Å². The third-order valence-electron chi connectivity index (χ3n) is 15.7. The van der Waals surface area contributed by atoms with Crippen molar-refractivity contribution in [2.45, 2.75) is 197 Å². The third kappa shape index (κ3) is 23.8. The quantitative estimate of drug-likeness (QED) is 0.0683. The van der Waals surface area contributed by atoms with E-state index in [1.807, 2.05) is 68.4 Å². The molecule has 1 heterocycles.